The van der Waals surface area contributed by atoms with Crippen LogP contribution in [-0.2, 0) is 9.22 Å². The number of allylic oxidation sites excluding steroid dienone is 1. The number of hydrogen-bond acceptors (Lipinski definition) is 2. The maximum absolute atomic E-state index is 14.1. The van der Waals surface area contributed by atoms with Gasteiger partial charge in [-0.3, -0.25) is 4.79 Å². The summed E-state index contributed by atoms with van der Waals surface area (Å²) in [5.74, 6) is 1.99. The van der Waals surface area contributed by atoms with Crippen LogP contribution < -0.4 is 10.4 Å². The highest BCUT2D eigenvalue weighted by Crippen LogP contribution is 2.72. The second-order valence-corrected chi connectivity index (χ2v) is 19.5. The van der Waals surface area contributed by atoms with Crippen LogP contribution in [0.4, 0.5) is 0 Å². The Bertz CT molecular complexity index is 1200. The summed E-state index contributed by atoms with van der Waals surface area (Å²) in [5, 5.41) is 2.64. The van der Waals surface area contributed by atoms with Crippen molar-refractivity contribution in [2.75, 3.05) is 6.61 Å². The standard InChI is InChI=1S/C36H48O2Si/c1-26-22-36-23-27(26)18-19-30(36)35(24-32(36)37)21-13-20-34(5,6)31(35)25-38-39(33(2,3)4,28-14-9-7-10-15-28)29-16-11-8-12-17-29/h7-12,14-17,27,30-31H,1,13,18-25H2,2-6H3/t27-,30?,31?,35?,36-/m1/s1. The van der Waals surface area contributed by atoms with Crippen molar-refractivity contribution in [1.82, 2.24) is 0 Å². The lowest BCUT2D eigenvalue weighted by atomic mass is 9.49. The Morgan fingerprint density at radius 1 is 0.923 bits per heavy atom. The predicted molar refractivity (Wildman–Crippen MR) is 164 cm³/mol. The normalized spacial score (nSPS) is 33.9. The zero-order chi connectivity index (χ0) is 27.7. The maximum Gasteiger partial charge on any atom is 0.261 e. The van der Waals surface area contributed by atoms with Crippen molar-refractivity contribution in [3.05, 3.63) is 72.8 Å². The minimum Gasteiger partial charge on any atom is -0.407 e. The predicted octanol–water partition coefficient (Wildman–Crippen LogP) is 7.71. The van der Waals surface area contributed by atoms with Gasteiger partial charge < -0.3 is 4.43 Å². The summed E-state index contributed by atoms with van der Waals surface area (Å²) in [6.45, 7) is 17.3. The van der Waals surface area contributed by atoms with Crippen LogP contribution in [0.5, 0.6) is 0 Å². The van der Waals surface area contributed by atoms with Gasteiger partial charge in [0.05, 0.1) is 0 Å². The molecule has 0 heterocycles. The smallest absolute Gasteiger partial charge is 0.261 e. The molecule has 3 unspecified atom stereocenters. The molecular weight excluding hydrogens is 492 g/mol. The molecule has 5 atom stereocenters. The van der Waals surface area contributed by atoms with E-state index in [0.29, 0.717) is 23.5 Å². The summed E-state index contributed by atoms with van der Waals surface area (Å²) in [6, 6.07) is 22.1. The van der Waals surface area contributed by atoms with E-state index >= 15 is 0 Å². The summed E-state index contributed by atoms with van der Waals surface area (Å²) in [7, 11) is -2.65. The third kappa shape index (κ3) is 3.93. The molecule has 4 aliphatic rings. The zero-order valence-electron chi connectivity index (χ0n) is 24.9. The minimum atomic E-state index is -2.65. The first-order valence-electron chi connectivity index (χ1n) is 15.4. The number of Topliss-reactive ketones (excluding diaryl/α,β-unsaturated/α-hetero) is 1. The van der Waals surface area contributed by atoms with E-state index < -0.39 is 8.32 Å². The first-order valence-corrected chi connectivity index (χ1v) is 17.3. The quantitative estimate of drug-likeness (QED) is 0.287. The van der Waals surface area contributed by atoms with Crippen molar-refractivity contribution in [2.24, 2.45) is 34.0 Å². The molecule has 0 aromatic heterocycles. The third-order valence-electron chi connectivity index (χ3n) is 11.9. The summed E-state index contributed by atoms with van der Waals surface area (Å²) in [5.41, 5.74) is 1.42. The number of benzene rings is 2. The Labute approximate surface area is 237 Å². The number of carbonyl (C=O) groups is 1. The maximum atomic E-state index is 14.1. The molecule has 6 rings (SSSR count). The number of fused-ring (bicyclic) bond motifs is 2. The molecule has 0 radical (unpaired) electrons. The van der Waals surface area contributed by atoms with E-state index in [1.807, 2.05) is 0 Å². The van der Waals surface area contributed by atoms with Crippen molar-refractivity contribution < 1.29 is 9.22 Å². The highest BCUT2D eigenvalue weighted by molar-refractivity contribution is 6.99. The monoisotopic (exact) mass is 540 g/mol. The lowest BCUT2D eigenvalue weighted by Gasteiger charge is -2.56. The van der Waals surface area contributed by atoms with Crippen LogP contribution in [0.2, 0.25) is 5.04 Å². The molecule has 4 aliphatic carbocycles. The first-order chi connectivity index (χ1) is 18.5. The average Bonchev–Trinajstić information content (AvgIpc) is 3.29. The van der Waals surface area contributed by atoms with Crippen LogP contribution >= 0.6 is 0 Å². The van der Waals surface area contributed by atoms with Crippen LogP contribution in [0, 0.1) is 34.0 Å². The summed E-state index contributed by atoms with van der Waals surface area (Å²) < 4.78 is 7.65. The molecule has 2 spiro atoms. The second-order valence-electron chi connectivity index (χ2n) is 15.2. The van der Waals surface area contributed by atoms with Crippen LogP contribution in [-0.4, -0.2) is 20.7 Å². The molecule has 2 aromatic rings. The highest BCUT2D eigenvalue weighted by Gasteiger charge is 2.69. The van der Waals surface area contributed by atoms with Crippen molar-refractivity contribution >= 4 is 24.5 Å². The molecule has 39 heavy (non-hydrogen) atoms. The van der Waals surface area contributed by atoms with Gasteiger partial charge in [0.2, 0.25) is 0 Å². The fraction of sp³-hybridized carbons (Fsp3) is 0.583. The van der Waals surface area contributed by atoms with Crippen molar-refractivity contribution in [2.45, 2.75) is 91.0 Å². The van der Waals surface area contributed by atoms with E-state index in [1.54, 1.807) is 0 Å². The van der Waals surface area contributed by atoms with Gasteiger partial charge in [-0.15, -0.1) is 0 Å². The summed E-state index contributed by atoms with van der Waals surface area (Å²) in [6.07, 6.45) is 8.83. The molecule has 4 saturated carbocycles. The molecular formula is C36H48O2Si. The Kier molecular flexibility index (Phi) is 6.47. The van der Waals surface area contributed by atoms with Crippen LogP contribution in [0.3, 0.4) is 0 Å². The number of rotatable bonds is 5. The molecule has 0 amide bonds. The topological polar surface area (TPSA) is 26.3 Å². The van der Waals surface area contributed by atoms with Gasteiger partial charge in [0.25, 0.3) is 8.32 Å². The minimum absolute atomic E-state index is 0.0460. The Hall–Kier alpha value is -1.97. The summed E-state index contributed by atoms with van der Waals surface area (Å²) in [4.78, 5) is 14.1. The van der Waals surface area contributed by atoms with E-state index in [4.69, 9.17) is 4.43 Å². The molecule has 4 fully saturated rings. The van der Waals surface area contributed by atoms with Crippen molar-refractivity contribution in [3.8, 4) is 0 Å². The fourth-order valence-corrected chi connectivity index (χ4v) is 14.8. The third-order valence-corrected chi connectivity index (χ3v) is 16.9. The molecule has 2 nitrogen and oxygen atoms in total. The van der Waals surface area contributed by atoms with E-state index in [2.05, 4.69) is 102 Å². The average molecular weight is 541 g/mol. The van der Waals surface area contributed by atoms with Crippen LogP contribution in [0.15, 0.2) is 72.8 Å². The van der Waals surface area contributed by atoms with Gasteiger partial charge in [-0.2, -0.15) is 0 Å². The van der Waals surface area contributed by atoms with Gasteiger partial charge in [-0.1, -0.05) is 114 Å². The fourth-order valence-electron chi connectivity index (χ4n) is 10.3. The van der Waals surface area contributed by atoms with Crippen molar-refractivity contribution in [3.63, 3.8) is 0 Å². The Morgan fingerprint density at radius 2 is 1.54 bits per heavy atom. The van der Waals surface area contributed by atoms with Gasteiger partial charge in [0, 0.05) is 18.4 Å². The van der Waals surface area contributed by atoms with Crippen molar-refractivity contribution in [1.29, 1.82) is 0 Å². The second kappa shape index (κ2) is 9.28. The van der Waals surface area contributed by atoms with Gasteiger partial charge in [-0.05, 0) is 82.5 Å². The van der Waals surface area contributed by atoms with E-state index in [1.165, 1.54) is 48.1 Å². The molecule has 3 heteroatoms. The van der Waals surface area contributed by atoms with E-state index in [9.17, 15) is 4.79 Å². The molecule has 2 bridgehead atoms. The number of hydrogen-bond donors (Lipinski definition) is 0. The van der Waals surface area contributed by atoms with Gasteiger partial charge in [-0.25, -0.2) is 0 Å². The van der Waals surface area contributed by atoms with E-state index in [0.717, 1.165) is 25.9 Å². The molecule has 208 valence electrons. The Morgan fingerprint density at radius 3 is 2.13 bits per heavy atom. The molecule has 0 N–H and O–H groups in total. The SMILES string of the molecule is C=C1C[C@@]23C[C@H]1CCC2C1(CCCC(C)(C)C1CO[Si](c1ccccc1)(c1ccccc1)C(C)(C)C)CC3=O. The Balaban J connectivity index is 1.44. The highest BCUT2D eigenvalue weighted by atomic mass is 28.4. The largest absolute Gasteiger partial charge is 0.407 e. The summed E-state index contributed by atoms with van der Waals surface area (Å²) >= 11 is 0. The van der Waals surface area contributed by atoms with E-state index in [-0.39, 0.29) is 21.3 Å². The first kappa shape index (κ1) is 27.2. The van der Waals surface area contributed by atoms with Gasteiger partial charge >= 0.3 is 0 Å². The number of carbonyl (C=O) groups excluding carboxylic acids is 1. The van der Waals surface area contributed by atoms with Crippen LogP contribution in [0.1, 0.15) is 86.0 Å². The lowest BCUT2D eigenvalue weighted by Crippen LogP contribution is -2.67. The zero-order valence-corrected chi connectivity index (χ0v) is 25.9. The molecule has 0 aliphatic heterocycles. The molecule has 2 aromatic carbocycles. The molecule has 0 saturated heterocycles. The van der Waals surface area contributed by atoms with Gasteiger partial charge in [0.15, 0.2) is 0 Å². The lowest BCUT2D eigenvalue weighted by molar-refractivity contribution is -0.128. The number of ketones is 1. The van der Waals surface area contributed by atoms with Crippen LogP contribution in [0.25, 0.3) is 0 Å². The van der Waals surface area contributed by atoms with Gasteiger partial charge in [0.1, 0.15) is 5.78 Å².